The molecule has 0 aliphatic heterocycles. The Morgan fingerprint density at radius 3 is 2.64 bits per heavy atom. The predicted octanol–water partition coefficient (Wildman–Crippen LogP) is 3.93. The third-order valence-corrected chi connectivity index (χ3v) is 5.14. The number of aryl methyl sites for hydroxylation is 2. The minimum absolute atomic E-state index is 0.144. The largest absolute Gasteiger partial charge is 0.450 e. The molecule has 1 aromatic carbocycles. The van der Waals surface area contributed by atoms with Gasteiger partial charge in [0, 0.05) is 22.9 Å². The number of ether oxygens (including phenoxy) is 1. The molecule has 0 aliphatic rings. The van der Waals surface area contributed by atoms with Crippen molar-refractivity contribution < 1.29 is 18.7 Å². The van der Waals surface area contributed by atoms with E-state index in [1.807, 2.05) is 36.6 Å². The van der Waals surface area contributed by atoms with Gasteiger partial charge < -0.3 is 14.1 Å². The molecule has 130 valence electrons. The Morgan fingerprint density at radius 2 is 1.96 bits per heavy atom. The van der Waals surface area contributed by atoms with Crippen molar-refractivity contribution >= 4 is 34.2 Å². The molecule has 6 heteroatoms. The number of thiophene rings is 1. The zero-order valence-electron chi connectivity index (χ0n) is 14.4. The number of carbonyl (C=O) groups excluding carboxylic acids is 2. The van der Waals surface area contributed by atoms with Gasteiger partial charge in [-0.3, -0.25) is 4.79 Å². The summed E-state index contributed by atoms with van der Waals surface area (Å²) in [6, 6.07) is 9.41. The maximum atomic E-state index is 12.2. The Labute approximate surface area is 149 Å². The average molecular weight is 357 g/mol. The van der Waals surface area contributed by atoms with E-state index < -0.39 is 5.97 Å². The van der Waals surface area contributed by atoms with Crippen molar-refractivity contribution in [2.45, 2.75) is 20.4 Å². The van der Waals surface area contributed by atoms with Crippen LogP contribution in [0.1, 0.15) is 26.6 Å². The summed E-state index contributed by atoms with van der Waals surface area (Å²) in [7, 11) is 1.70. The SMILES string of the molecule is Cc1ccsc1CN(C)C(=O)COC(=O)c1oc2ccccc2c1C. The maximum absolute atomic E-state index is 12.2. The minimum Gasteiger partial charge on any atom is -0.450 e. The van der Waals surface area contributed by atoms with Crippen LogP contribution < -0.4 is 0 Å². The van der Waals surface area contributed by atoms with E-state index in [1.54, 1.807) is 36.3 Å². The molecule has 0 unspecified atom stereocenters. The lowest BCUT2D eigenvalue weighted by molar-refractivity contribution is -0.133. The summed E-state index contributed by atoms with van der Waals surface area (Å²) in [4.78, 5) is 27.1. The number of benzene rings is 1. The molecule has 2 aromatic heterocycles. The van der Waals surface area contributed by atoms with Crippen LogP contribution in [0.5, 0.6) is 0 Å². The Kier molecular flexibility index (Phi) is 4.90. The zero-order valence-corrected chi connectivity index (χ0v) is 15.2. The number of esters is 1. The lowest BCUT2D eigenvalue weighted by atomic mass is 10.1. The first-order valence-electron chi connectivity index (χ1n) is 7.89. The van der Waals surface area contributed by atoms with Crippen LogP contribution >= 0.6 is 11.3 Å². The lowest BCUT2D eigenvalue weighted by Gasteiger charge is -2.16. The molecule has 25 heavy (non-hydrogen) atoms. The highest BCUT2D eigenvalue weighted by atomic mass is 32.1. The van der Waals surface area contributed by atoms with Gasteiger partial charge in [-0.05, 0) is 36.9 Å². The first kappa shape index (κ1) is 17.2. The summed E-state index contributed by atoms with van der Waals surface area (Å²) in [5, 5.41) is 2.86. The molecule has 5 nitrogen and oxygen atoms in total. The number of rotatable bonds is 5. The van der Waals surface area contributed by atoms with Crippen molar-refractivity contribution in [1.29, 1.82) is 0 Å². The van der Waals surface area contributed by atoms with E-state index >= 15 is 0 Å². The number of hydrogen-bond acceptors (Lipinski definition) is 5. The summed E-state index contributed by atoms with van der Waals surface area (Å²) in [6.45, 7) is 4.00. The van der Waals surface area contributed by atoms with Gasteiger partial charge in [0.1, 0.15) is 5.58 Å². The number of amides is 1. The normalized spacial score (nSPS) is 10.8. The van der Waals surface area contributed by atoms with E-state index in [-0.39, 0.29) is 18.3 Å². The van der Waals surface area contributed by atoms with Crippen molar-refractivity contribution in [1.82, 2.24) is 4.90 Å². The van der Waals surface area contributed by atoms with Crippen LogP contribution in [-0.4, -0.2) is 30.4 Å². The van der Waals surface area contributed by atoms with E-state index in [4.69, 9.17) is 9.15 Å². The van der Waals surface area contributed by atoms with Gasteiger partial charge in [0.05, 0.1) is 6.54 Å². The second-order valence-electron chi connectivity index (χ2n) is 5.91. The van der Waals surface area contributed by atoms with Crippen molar-refractivity contribution in [3.05, 3.63) is 57.5 Å². The quantitative estimate of drug-likeness (QED) is 0.649. The Hall–Kier alpha value is -2.60. The van der Waals surface area contributed by atoms with Gasteiger partial charge in [0.25, 0.3) is 5.91 Å². The second kappa shape index (κ2) is 7.11. The molecule has 3 aromatic rings. The van der Waals surface area contributed by atoms with Crippen molar-refractivity contribution in [3.8, 4) is 0 Å². The monoisotopic (exact) mass is 357 g/mol. The summed E-state index contributed by atoms with van der Waals surface area (Å²) in [6.07, 6.45) is 0. The molecular weight excluding hydrogens is 338 g/mol. The first-order valence-corrected chi connectivity index (χ1v) is 8.77. The number of furan rings is 1. The fraction of sp³-hybridized carbons (Fsp3) is 0.263. The van der Waals surface area contributed by atoms with Crippen LogP contribution in [0.4, 0.5) is 0 Å². The van der Waals surface area contributed by atoms with Crippen LogP contribution in [0.15, 0.2) is 40.1 Å². The van der Waals surface area contributed by atoms with E-state index in [2.05, 4.69) is 0 Å². The van der Waals surface area contributed by atoms with E-state index in [1.165, 1.54) is 0 Å². The highest BCUT2D eigenvalue weighted by Gasteiger charge is 2.21. The van der Waals surface area contributed by atoms with Gasteiger partial charge in [-0.25, -0.2) is 4.79 Å². The van der Waals surface area contributed by atoms with Gasteiger partial charge in [0.2, 0.25) is 5.76 Å². The lowest BCUT2D eigenvalue weighted by Crippen LogP contribution is -2.30. The Bertz CT molecular complexity index is 925. The Morgan fingerprint density at radius 1 is 1.20 bits per heavy atom. The number of likely N-dealkylation sites (N-methyl/N-ethyl adjacent to an activating group) is 1. The summed E-state index contributed by atoms with van der Waals surface area (Å²) < 4.78 is 10.7. The van der Waals surface area contributed by atoms with Crippen LogP contribution in [0, 0.1) is 13.8 Å². The summed E-state index contributed by atoms with van der Waals surface area (Å²) >= 11 is 1.60. The van der Waals surface area contributed by atoms with Gasteiger partial charge in [-0.1, -0.05) is 18.2 Å². The molecular formula is C19H19NO4S. The van der Waals surface area contributed by atoms with Crippen LogP contribution in [-0.2, 0) is 16.1 Å². The fourth-order valence-corrected chi connectivity index (χ4v) is 3.50. The van der Waals surface area contributed by atoms with Crippen LogP contribution in [0.2, 0.25) is 0 Å². The van der Waals surface area contributed by atoms with Crippen molar-refractivity contribution in [2.75, 3.05) is 13.7 Å². The number of para-hydroxylation sites is 1. The van der Waals surface area contributed by atoms with E-state index in [0.717, 1.165) is 21.4 Å². The summed E-state index contributed by atoms with van der Waals surface area (Å²) in [5.74, 6) is -0.733. The summed E-state index contributed by atoms with van der Waals surface area (Å²) in [5.41, 5.74) is 2.50. The van der Waals surface area contributed by atoms with Crippen molar-refractivity contribution in [3.63, 3.8) is 0 Å². The number of fused-ring (bicyclic) bond motifs is 1. The molecule has 0 radical (unpaired) electrons. The molecule has 0 N–H and O–H groups in total. The van der Waals surface area contributed by atoms with Gasteiger partial charge in [-0.15, -0.1) is 11.3 Å². The molecule has 0 aliphatic carbocycles. The highest BCUT2D eigenvalue weighted by molar-refractivity contribution is 7.10. The zero-order chi connectivity index (χ0) is 18.0. The second-order valence-corrected chi connectivity index (χ2v) is 6.91. The molecule has 3 rings (SSSR count). The topological polar surface area (TPSA) is 59.8 Å². The number of nitrogens with zero attached hydrogens (tertiary/aromatic N) is 1. The number of carbonyl (C=O) groups is 2. The minimum atomic E-state index is -0.622. The standard InChI is InChI=1S/C19H19NO4S/c1-12-8-9-25-16(12)10-20(3)17(21)11-23-19(22)18-13(2)14-6-4-5-7-15(14)24-18/h4-9H,10-11H2,1-3H3. The highest BCUT2D eigenvalue weighted by Crippen LogP contribution is 2.25. The van der Waals surface area contributed by atoms with Crippen LogP contribution in [0.25, 0.3) is 11.0 Å². The Balaban J connectivity index is 1.62. The average Bonchev–Trinajstić information content (AvgIpc) is 3.16. The molecule has 0 spiro atoms. The third-order valence-electron chi connectivity index (χ3n) is 4.13. The van der Waals surface area contributed by atoms with Gasteiger partial charge >= 0.3 is 5.97 Å². The third kappa shape index (κ3) is 3.58. The fourth-order valence-electron chi connectivity index (χ4n) is 2.54. The van der Waals surface area contributed by atoms with E-state index in [0.29, 0.717) is 12.1 Å². The molecule has 2 heterocycles. The molecule has 1 amide bonds. The van der Waals surface area contributed by atoms with Crippen LogP contribution in [0.3, 0.4) is 0 Å². The smallest absolute Gasteiger partial charge is 0.375 e. The van der Waals surface area contributed by atoms with Gasteiger partial charge in [0.15, 0.2) is 6.61 Å². The first-order chi connectivity index (χ1) is 12.0. The molecule has 0 fully saturated rings. The predicted molar refractivity (Wildman–Crippen MR) is 96.8 cm³/mol. The maximum Gasteiger partial charge on any atom is 0.375 e. The molecule has 0 bridgehead atoms. The van der Waals surface area contributed by atoms with Gasteiger partial charge in [-0.2, -0.15) is 0 Å². The van der Waals surface area contributed by atoms with E-state index in [9.17, 15) is 9.59 Å². The van der Waals surface area contributed by atoms with Crippen molar-refractivity contribution in [2.24, 2.45) is 0 Å². The number of hydrogen-bond donors (Lipinski definition) is 0. The molecule has 0 saturated heterocycles. The molecule has 0 atom stereocenters. The molecule has 0 saturated carbocycles.